The van der Waals surface area contributed by atoms with Gasteiger partial charge in [-0.3, -0.25) is 14.2 Å². The van der Waals surface area contributed by atoms with Crippen LogP contribution in [0.15, 0.2) is 102 Å². The molecular weight excluding hydrogens is 494 g/mol. The Hall–Kier alpha value is -5.11. The Labute approximate surface area is 225 Å². The molecule has 1 amide bonds. The monoisotopic (exact) mass is 521 g/mol. The highest BCUT2D eigenvalue weighted by atomic mass is 16.5. The van der Waals surface area contributed by atoms with Gasteiger partial charge in [-0.25, -0.2) is 4.98 Å². The smallest absolute Gasteiger partial charge is 0.261 e. The van der Waals surface area contributed by atoms with Gasteiger partial charge in [0.15, 0.2) is 11.5 Å². The number of rotatable bonds is 9. The van der Waals surface area contributed by atoms with E-state index in [1.165, 1.54) is 10.9 Å². The zero-order valence-corrected chi connectivity index (χ0v) is 21.6. The maximum atomic E-state index is 13.1. The van der Waals surface area contributed by atoms with Gasteiger partial charge in [0.05, 0.1) is 38.0 Å². The number of ether oxygens (including phenoxy) is 3. The summed E-state index contributed by atoms with van der Waals surface area (Å²) < 4.78 is 18.0. The van der Waals surface area contributed by atoms with E-state index >= 15 is 0 Å². The molecule has 5 rings (SSSR count). The zero-order valence-electron chi connectivity index (χ0n) is 21.6. The van der Waals surface area contributed by atoms with Crippen molar-refractivity contribution in [2.45, 2.75) is 13.2 Å². The number of amides is 1. The molecule has 0 radical (unpaired) electrons. The van der Waals surface area contributed by atoms with Gasteiger partial charge in [-0.1, -0.05) is 36.4 Å². The first-order valence-corrected chi connectivity index (χ1v) is 12.3. The molecule has 0 spiro atoms. The fourth-order valence-electron chi connectivity index (χ4n) is 4.17. The van der Waals surface area contributed by atoms with Crippen LogP contribution in [-0.2, 0) is 13.2 Å². The van der Waals surface area contributed by atoms with E-state index in [0.29, 0.717) is 52.6 Å². The Balaban J connectivity index is 1.26. The lowest BCUT2D eigenvalue weighted by atomic mass is 10.1. The van der Waals surface area contributed by atoms with E-state index in [4.69, 9.17) is 14.2 Å². The van der Waals surface area contributed by atoms with Crippen LogP contribution in [0.1, 0.15) is 21.5 Å². The number of benzene rings is 4. The Morgan fingerprint density at radius 1 is 0.846 bits per heavy atom. The number of aromatic nitrogens is 2. The SMILES string of the molecule is COc1ccc(Cn2cnc3cc(C(=O)Nc4ccc(OCc5ccccc5)cc4)ccc3c2=O)cc1OC. The van der Waals surface area contributed by atoms with Crippen LogP contribution in [0.3, 0.4) is 0 Å². The maximum absolute atomic E-state index is 13.1. The summed E-state index contributed by atoms with van der Waals surface area (Å²) in [6, 6.07) is 27.4. The second-order valence-electron chi connectivity index (χ2n) is 8.85. The number of fused-ring (bicyclic) bond motifs is 1. The summed E-state index contributed by atoms with van der Waals surface area (Å²) >= 11 is 0. The van der Waals surface area contributed by atoms with Gasteiger partial charge >= 0.3 is 0 Å². The minimum atomic E-state index is -0.300. The third-order valence-electron chi connectivity index (χ3n) is 6.25. The molecular formula is C31H27N3O5. The number of methoxy groups -OCH3 is 2. The summed E-state index contributed by atoms with van der Waals surface area (Å²) in [5.41, 5.74) is 3.21. The first kappa shape index (κ1) is 25.5. The highest BCUT2D eigenvalue weighted by Gasteiger charge is 2.12. The second-order valence-corrected chi connectivity index (χ2v) is 8.85. The van der Waals surface area contributed by atoms with Gasteiger partial charge in [0.1, 0.15) is 12.4 Å². The maximum Gasteiger partial charge on any atom is 0.261 e. The molecule has 0 saturated carbocycles. The highest BCUT2D eigenvalue weighted by molar-refractivity contribution is 6.06. The molecule has 0 atom stereocenters. The molecule has 0 fully saturated rings. The zero-order chi connectivity index (χ0) is 27.2. The van der Waals surface area contributed by atoms with Crippen molar-refractivity contribution in [3.8, 4) is 17.2 Å². The third kappa shape index (κ3) is 5.91. The van der Waals surface area contributed by atoms with E-state index in [0.717, 1.165) is 11.1 Å². The lowest BCUT2D eigenvalue weighted by Crippen LogP contribution is -2.21. The molecule has 4 aromatic carbocycles. The van der Waals surface area contributed by atoms with Gasteiger partial charge in [-0.2, -0.15) is 0 Å². The van der Waals surface area contributed by atoms with Gasteiger partial charge in [-0.15, -0.1) is 0 Å². The molecule has 196 valence electrons. The Morgan fingerprint density at radius 3 is 2.36 bits per heavy atom. The van der Waals surface area contributed by atoms with E-state index < -0.39 is 0 Å². The Bertz CT molecular complexity index is 1660. The summed E-state index contributed by atoms with van der Waals surface area (Å²) in [5.74, 6) is 1.60. The first-order chi connectivity index (χ1) is 19.0. The molecule has 0 unspecified atom stereocenters. The molecule has 8 nitrogen and oxygen atoms in total. The number of carbonyl (C=O) groups is 1. The Morgan fingerprint density at radius 2 is 1.62 bits per heavy atom. The standard InChI is InChI=1S/C31H27N3O5/c1-37-28-15-8-22(16-29(28)38-2)18-34-20-32-27-17-23(9-14-26(27)31(34)36)30(35)33-24-10-12-25(13-11-24)39-19-21-6-4-3-5-7-21/h3-17,20H,18-19H2,1-2H3,(H,33,35). The van der Waals surface area contributed by atoms with E-state index in [2.05, 4.69) is 10.3 Å². The van der Waals surface area contributed by atoms with E-state index in [1.807, 2.05) is 42.5 Å². The largest absolute Gasteiger partial charge is 0.493 e. The van der Waals surface area contributed by atoms with E-state index in [1.54, 1.807) is 62.8 Å². The number of hydrogen-bond donors (Lipinski definition) is 1. The van der Waals surface area contributed by atoms with Crippen LogP contribution in [0.25, 0.3) is 10.9 Å². The van der Waals surface area contributed by atoms with Crippen molar-refractivity contribution in [1.29, 1.82) is 0 Å². The molecule has 0 saturated heterocycles. The number of nitrogens with one attached hydrogen (secondary N) is 1. The normalized spacial score (nSPS) is 10.7. The summed E-state index contributed by atoms with van der Waals surface area (Å²) in [6.07, 6.45) is 1.48. The molecule has 1 N–H and O–H groups in total. The van der Waals surface area contributed by atoms with Crippen molar-refractivity contribution in [3.63, 3.8) is 0 Å². The van der Waals surface area contributed by atoms with Gasteiger partial charge in [0.2, 0.25) is 0 Å². The summed E-state index contributed by atoms with van der Waals surface area (Å²) in [6.45, 7) is 0.780. The molecule has 39 heavy (non-hydrogen) atoms. The topological polar surface area (TPSA) is 91.7 Å². The quantitative estimate of drug-likeness (QED) is 0.283. The van der Waals surface area contributed by atoms with Crippen molar-refractivity contribution < 1.29 is 19.0 Å². The third-order valence-corrected chi connectivity index (χ3v) is 6.25. The molecule has 0 aliphatic carbocycles. The fourth-order valence-corrected chi connectivity index (χ4v) is 4.17. The van der Waals surface area contributed by atoms with Crippen LogP contribution < -0.4 is 25.1 Å². The van der Waals surface area contributed by atoms with Crippen LogP contribution in [0.2, 0.25) is 0 Å². The first-order valence-electron chi connectivity index (χ1n) is 12.3. The molecule has 1 aromatic heterocycles. The second kappa shape index (κ2) is 11.5. The lowest BCUT2D eigenvalue weighted by Gasteiger charge is -2.11. The van der Waals surface area contributed by atoms with Gasteiger partial charge in [0, 0.05) is 11.3 Å². The lowest BCUT2D eigenvalue weighted by molar-refractivity contribution is 0.102. The predicted octanol–water partition coefficient (Wildman–Crippen LogP) is 5.29. The van der Waals surface area contributed by atoms with E-state index in [-0.39, 0.29) is 11.5 Å². The van der Waals surface area contributed by atoms with Gasteiger partial charge in [-0.05, 0) is 65.7 Å². The molecule has 8 heteroatoms. The molecule has 5 aromatic rings. The number of hydrogen-bond acceptors (Lipinski definition) is 6. The van der Waals surface area contributed by atoms with Crippen LogP contribution in [-0.4, -0.2) is 29.7 Å². The fraction of sp³-hybridized carbons (Fsp3) is 0.129. The average Bonchev–Trinajstić information content (AvgIpc) is 2.98. The van der Waals surface area contributed by atoms with Crippen LogP contribution in [0.5, 0.6) is 17.2 Å². The van der Waals surface area contributed by atoms with Crippen molar-refractivity contribution in [2.75, 3.05) is 19.5 Å². The minimum absolute atomic E-state index is 0.201. The van der Waals surface area contributed by atoms with Gasteiger partial charge in [0.25, 0.3) is 11.5 Å². The van der Waals surface area contributed by atoms with Crippen molar-refractivity contribution >= 4 is 22.5 Å². The summed E-state index contributed by atoms with van der Waals surface area (Å²) in [5, 5.41) is 3.30. The molecule has 1 heterocycles. The van der Waals surface area contributed by atoms with Gasteiger partial charge < -0.3 is 19.5 Å². The van der Waals surface area contributed by atoms with E-state index in [9.17, 15) is 9.59 Å². The molecule has 0 aliphatic rings. The molecule has 0 bridgehead atoms. The highest BCUT2D eigenvalue weighted by Crippen LogP contribution is 2.27. The number of nitrogens with zero attached hydrogens (tertiary/aromatic N) is 2. The van der Waals surface area contributed by atoms with Crippen molar-refractivity contribution in [1.82, 2.24) is 9.55 Å². The van der Waals surface area contributed by atoms with Crippen molar-refractivity contribution in [2.24, 2.45) is 0 Å². The van der Waals surface area contributed by atoms with Crippen LogP contribution >= 0.6 is 0 Å². The average molecular weight is 522 g/mol. The predicted molar refractivity (Wildman–Crippen MR) is 150 cm³/mol. The molecule has 0 aliphatic heterocycles. The van der Waals surface area contributed by atoms with Crippen LogP contribution in [0.4, 0.5) is 5.69 Å². The van der Waals surface area contributed by atoms with Crippen molar-refractivity contribution in [3.05, 3.63) is 124 Å². The summed E-state index contributed by atoms with van der Waals surface area (Å²) in [4.78, 5) is 30.4. The minimum Gasteiger partial charge on any atom is -0.493 e. The Kier molecular flexibility index (Phi) is 7.54. The summed E-state index contributed by atoms with van der Waals surface area (Å²) in [7, 11) is 3.14. The number of carbonyl (C=O) groups excluding carboxylic acids is 1. The number of anilines is 1. The van der Waals surface area contributed by atoms with Crippen LogP contribution in [0, 0.1) is 0 Å².